The number of carbonyl (C=O) groups is 1. The van der Waals surface area contributed by atoms with Gasteiger partial charge in [0.25, 0.3) is 5.91 Å². The van der Waals surface area contributed by atoms with Crippen LogP contribution in [-0.4, -0.2) is 28.3 Å². The third-order valence-electron chi connectivity index (χ3n) is 3.11. The lowest BCUT2D eigenvalue weighted by Crippen LogP contribution is -2.40. The number of rotatable bonds is 5. The van der Waals surface area contributed by atoms with Gasteiger partial charge in [-0.15, -0.1) is 0 Å². The fourth-order valence-corrected chi connectivity index (χ4v) is 1.54. The Morgan fingerprint density at radius 3 is 2.71 bits per heavy atom. The molecule has 0 radical (unpaired) electrons. The molecular weight excluding hydrogens is 216 g/mol. The zero-order chi connectivity index (χ0) is 13.0. The molecule has 2 atom stereocenters. The predicted octanol–water partition coefficient (Wildman–Crippen LogP) is 0.696. The van der Waals surface area contributed by atoms with Crippen LogP contribution in [0, 0.1) is 5.92 Å². The van der Waals surface area contributed by atoms with Crippen molar-refractivity contribution in [2.45, 2.75) is 33.2 Å². The van der Waals surface area contributed by atoms with Crippen LogP contribution in [0.5, 0.6) is 0 Å². The lowest BCUT2D eigenvalue weighted by molar-refractivity contribution is 0.0920. The standard InChI is InChI=1S/C12H22N4O/c1-5-10-6-11(16(4)15-10)12(17)14-9(3)8(2)7-13/h6,8-9H,5,7,13H2,1-4H3,(H,14,17). The zero-order valence-electron chi connectivity index (χ0n) is 11.0. The number of nitrogens with one attached hydrogen (secondary N) is 1. The highest BCUT2D eigenvalue weighted by atomic mass is 16.2. The summed E-state index contributed by atoms with van der Waals surface area (Å²) in [4.78, 5) is 12.0. The third-order valence-corrected chi connectivity index (χ3v) is 3.11. The molecule has 0 aliphatic rings. The van der Waals surface area contributed by atoms with E-state index >= 15 is 0 Å². The summed E-state index contributed by atoms with van der Waals surface area (Å²) >= 11 is 0. The highest BCUT2D eigenvalue weighted by molar-refractivity contribution is 5.92. The van der Waals surface area contributed by atoms with Crippen LogP contribution < -0.4 is 11.1 Å². The number of amides is 1. The van der Waals surface area contributed by atoms with Gasteiger partial charge in [-0.1, -0.05) is 13.8 Å². The van der Waals surface area contributed by atoms with Crippen LogP contribution in [0.15, 0.2) is 6.07 Å². The van der Waals surface area contributed by atoms with Crippen molar-refractivity contribution in [3.63, 3.8) is 0 Å². The molecule has 5 heteroatoms. The highest BCUT2D eigenvalue weighted by Crippen LogP contribution is 2.06. The second kappa shape index (κ2) is 5.82. The van der Waals surface area contributed by atoms with Crippen molar-refractivity contribution < 1.29 is 4.79 Å². The summed E-state index contributed by atoms with van der Waals surface area (Å²) in [5.74, 6) is 0.172. The second-order valence-corrected chi connectivity index (χ2v) is 4.47. The van der Waals surface area contributed by atoms with E-state index in [9.17, 15) is 4.79 Å². The van der Waals surface area contributed by atoms with Crippen molar-refractivity contribution in [3.05, 3.63) is 17.5 Å². The maximum Gasteiger partial charge on any atom is 0.269 e. The van der Waals surface area contributed by atoms with Gasteiger partial charge in [-0.25, -0.2) is 0 Å². The Morgan fingerprint density at radius 2 is 2.24 bits per heavy atom. The first-order chi connectivity index (χ1) is 7.99. The van der Waals surface area contributed by atoms with Crippen molar-refractivity contribution in [1.29, 1.82) is 0 Å². The van der Waals surface area contributed by atoms with E-state index in [0.29, 0.717) is 12.2 Å². The Hall–Kier alpha value is -1.36. The number of aryl methyl sites for hydroxylation is 2. The van der Waals surface area contributed by atoms with Gasteiger partial charge < -0.3 is 11.1 Å². The third kappa shape index (κ3) is 3.30. The average Bonchev–Trinajstić information content (AvgIpc) is 2.69. The molecule has 1 heterocycles. The van der Waals surface area contributed by atoms with Gasteiger partial charge in [0.2, 0.25) is 0 Å². The monoisotopic (exact) mass is 238 g/mol. The topological polar surface area (TPSA) is 72.9 Å². The van der Waals surface area contributed by atoms with Crippen molar-refractivity contribution in [3.8, 4) is 0 Å². The van der Waals surface area contributed by atoms with Crippen LogP contribution in [0.1, 0.15) is 37.0 Å². The normalized spacial score (nSPS) is 14.4. The van der Waals surface area contributed by atoms with Gasteiger partial charge in [0, 0.05) is 13.1 Å². The number of hydrogen-bond donors (Lipinski definition) is 2. The van der Waals surface area contributed by atoms with E-state index in [2.05, 4.69) is 10.4 Å². The summed E-state index contributed by atoms with van der Waals surface area (Å²) in [7, 11) is 1.78. The van der Waals surface area contributed by atoms with Crippen molar-refractivity contribution >= 4 is 5.91 Å². The van der Waals surface area contributed by atoms with E-state index in [-0.39, 0.29) is 17.9 Å². The summed E-state index contributed by atoms with van der Waals surface area (Å²) in [5, 5.41) is 7.20. The van der Waals surface area contributed by atoms with E-state index in [4.69, 9.17) is 5.73 Å². The van der Waals surface area contributed by atoms with E-state index in [1.807, 2.05) is 26.8 Å². The Balaban J connectivity index is 2.72. The molecule has 0 aromatic carbocycles. The summed E-state index contributed by atoms with van der Waals surface area (Å²) in [6.45, 7) is 6.56. The molecule has 2 unspecified atom stereocenters. The predicted molar refractivity (Wildman–Crippen MR) is 67.7 cm³/mol. The molecule has 17 heavy (non-hydrogen) atoms. The Morgan fingerprint density at radius 1 is 1.59 bits per heavy atom. The number of aromatic nitrogens is 2. The molecule has 0 saturated carbocycles. The molecule has 0 aliphatic carbocycles. The number of carbonyl (C=O) groups excluding carboxylic acids is 1. The van der Waals surface area contributed by atoms with Gasteiger partial charge in [-0.3, -0.25) is 9.48 Å². The molecule has 0 fully saturated rings. The first-order valence-electron chi connectivity index (χ1n) is 6.03. The molecule has 96 valence electrons. The number of nitrogens with two attached hydrogens (primary N) is 1. The Bertz CT molecular complexity index is 386. The minimum Gasteiger partial charge on any atom is -0.348 e. The minimum atomic E-state index is -0.0903. The molecule has 1 aromatic heterocycles. The summed E-state index contributed by atoms with van der Waals surface area (Å²) in [5.41, 5.74) is 7.10. The van der Waals surface area contributed by atoms with Gasteiger partial charge in [-0.05, 0) is 31.9 Å². The molecule has 0 aliphatic heterocycles. The van der Waals surface area contributed by atoms with Crippen LogP contribution in [0.4, 0.5) is 0 Å². The zero-order valence-corrected chi connectivity index (χ0v) is 11.0. The molecular formula is C12H22N4O. The fourth-order valence-electron chi connectivity index (χ4n) is 1.54. The largest absolute Gasteiger partial charge is 0.348 e. The number of hydrogen-bond acceptors (Lipinski definition) is 3. The molecule has 0 bridgehead atoms. The molecule has 0 saturated heterocycles. The molecule has 1 rings (SSSR count). The lowest BCUT2D eigenvalue weighted by atomic mass is 10.0. The van der Waals surface area contributed by atoms with Gasteiger partial charge in [-0.2, -0.15) is 5.10 Å². The van der Waals surface area contributed by atoms with Gasteiger partial charge in [0.15, 0.2) is 0 Å². The molecule has 3 N–H and O–H groups in total. The van der Waals surface area contributed by atoms with Gasteiger partial charge in [0.05, 0.1) is 5.69 Å². The minimum absolute atomic E-state index is 0.0625. The maximum absolute atomic E-state index is 12.0. The molecule has 0 spiro atoms. The van der Waals surface area contributed by atoms with Crippen molar-refractivity contribution in [2.75, 3.05) is 6.54 Å². The summed E-state index contributed by atoms with van der Waals surface area (Å²) in [6.07, 6.45) is 0.829. The van der Waals surface area contributed by atoms with E-state index in [1.165, 1.54) is 0 Å². The molecule has 1 amide bonds. The quantitative estimate of drug-likeness (QED) is 0.793. The molecule has 5 nitrogen and oxygen atoms in total. The SMILES string of the molecule is CCc1cc(C(=O)NC(C)C(C)CN)n(C)n1. The highest BCUT2D eigenvalue weighted by Gasteiger charge is 2.17. The average molecular weight is 238 g/mol. The Labute approximate surface area is 102 Å². The smallest absolute Gasteiger partial charge is 0.269 e. The molecule has 1 aromatic rings. The van der Waals surface area contributed by atoms with Gasteiger partial charge in [0.1, 0.15) is 5.69 Å². The van der Waals surface area contributed by atoms with Crippen LogP contribution in [0.25, 0.3) is 0 Å². The fraction of sp³-hybridized carbons (Fsp3) is 0.667. The van der Waals surface area contributed by atoms with Crippen LogP contribution in [-0.2, 0) is 13.5 Å². The van der Waals surface area contributed by atoms with Crippen molar-refractivity contribution in [1.82, 2.24) is 15.1 Å². The van der Waals surface area contributed by atoms with E-state index < -0.39 is 0 Å². The van der Waals surface area contributed by atoms with Crippen LogP contribution >= 0.6 is 0 Å². The van der Waals surface area contributed by atoms with Crippen molar-refractivity contribution in [2.24, 2.45) is 18.7 Å². The lowest BCUT2D eigenvalue weighted by Gasteiger charge is -2.19. The van der Waals surface area contributed by atoms with E-state index in [1.54, 1.807) is 11.7 Å². The van der Waals surface area contributed by atoms with E-state index in [0.717, 1.165) is 12.1 Å². The Kier molecular flexibility index (Phi) is 4.69. The van der Waals surface area contributed by atoms with Gasteiger partial charge >= 0.3 is 0 Å². The summed E-state index contributed by atoms with van der Waals surface area (Å²) in [6, 6.07) is 1.89. The van der Waals surface area contributed by atoms with Crippen LogP contribution in [0.3, 0.4) is 0 Å². The first-order valence-corrected chi connectivity index (χ1v) is 6.03. The maximum atomic E-state index is 12.0. The first kappa shape index (κ1) is 13.7. The van der Waals surface area contributed by atoms with Crippen LogP contribution in [0.2, 0.25) is 0 Å². The summed E-state index contributed by atoms with van der Waals surface area (Å²) < 4.78 is 1.62. The number of nitrogens with zero attached hydrogens (tertiary/aromatic N) is 2. The second-order valence-electron chi connectivity index (χ2n) is 4.47.